The molecule has 0 spiro atoms. The number of halogens is 1. The Labute approximate surface area is 143 Å². The van der Waals surface area contributed by atoms with Gasteiger partial charge < -0.3 is 10.0 Å². The summed E-state index contributed by atoms with van der Waals surface area (Å²) in [5.41, 5.74) is -1.50. The van der Waals surface area contributed by atoms with Gasteiger partial charge in [0.25, 0.3) is 0 Å². The number of rotatable bonds is 5. The first kappa shape index (κ1) is 17.0. The SMILES string of the molecule is Cc1nnnn1C(Cc1ccccc1)C(=O)N1CCC(F)(C(=O)O)C1. The van der Waals surface area contributed by atoms with Crippen molar-refractivity contribution in [1.82, 2.24) is 25.1 Å². The minimum Gasteiger partial charge on any atom is -0.479 e. The standard InChI is InChI=1S/C16H18FN5O3/c1-11-18-19-20-22(11)13(9-12-5-3-2-4-6-12)14(23)21-8-7-16(17,10-21)15(24)25/h2-6,13H,7-10H2,1H3,(H,24,25). The summed E-state index contributed by atoms with van der Waals surface area (Å²) in [5.74, 6) is -1.47. The monoisotopic (exact) mass is 347 g/mol. The maximum Gasteiger partial charge on any atom is 0.343 e. The fourth-order valence-corrected chi connectivity index (χ4v) is 2.99. The molecule has 132 valence electrons. The summed E-state index contributed by atoms with van der Waals surface area (Å²) < 4.78 is 15.7. The number of alkyl halides is 1. The summed E-state index contributed by atoms with van der Waals surface area (Å²) in [6.45, 7) is 1.26. The molecule has 0 saturated carbocycles. The zero-order valence-electron chi connectivity index (χ0n) is 13.7. The number of aromatic nitrogens is 4. The number of carboxylic acid groups (broad SMARTS) is 1. The number of hydrogen-bond acceptors (Lipinski definition) is 5. The van der Waals surface area contributed by atoms with Gasteiger partial charge in [-0.15, -0.1) is 5.10 Å². The highest BCUT2D eigenvalue weighted by Crippen LogP contribution is 2.28. The predicted molar refractivity (Wildman–Crippen MR) is 84.4 cm³/mol. The molecule has 1 saturated heterocycles. The molecule has 0 radical (unpaired) electrons. The highest BCUT2D eigenvalue weighted by atomic mass is 19.1. The predicted octanol–water partition coefficient (Wildman–Crippen LogP) is 0.791. The zero-order chi connectivity index (χ0) is 18.0. The molecule has 1 fully saturated rings. The van der Waals surface area contributed by atoms with E-state index < -0.39 is 24.2 Å². The Kier molecular flexibility index (Phi) is 4.47. The van der Waals surface area contributed by atoms with E-state index in [4.69, 9.17) is 5.11 Å². The molecular weight excluding hydrogens is 329 g/mol. The Hall–Kier alpha value is -2.84. The fourth-order valence-electron chi connectivity index (χ4n) is 2.99. The number of benzene rings is 1. The van der Waals surface area contributed by atoms with Crippen molar-refractivity contribution in [2.45, 2.75) is 31.5 Å². The average Bonchev–Trinajstić information content (AvgIpc) is 3.20. The van der Waals surface area contributed by atoms with Gasteiger partial charge in [0, 0.05) is 19.4 Å². The summed E-state index contributed by atoms with van der Waals surface area (Å²) in [6.07, 6.45) is 0.106. The summed E-state index contributed by atoms with van der Waals surface area (Å²) in [4.78, 5) is 25.3. The first-order valence-electron chi connectivity index (χ1n) is 7.90. The van der Waals surface area contributed by atoms with Crippen molar-refractivity contribution < 1.29 is 19.1 Å². The van der Waals surface area contributed by atoms with Crippen LogP contribution < -0.4 is 0 Å². The number of carbonyl (C=O) groups excluding carboxylic acids is 1. The highest BCUT2D eigenvalue weighted by Gasteiger charge is 2.48. The number of tetrazole rings is 1. The van der Waals surface area contributed by atoms with Crippen LogP contribution in [0.4, 0.5) is 4.39 Å². The second kappa shape index (κ2) is 6.58. The molecule has 9 heteroatoms. The van der Waals surface area contributed by atoms with Crippen molar-refractivity contribution in [2.24, 2.45) is 0 Å². The lowest BCUT2D eigenvalue weighted by Gasteiger charge is -2.24. The molecular formula is C16H18FN5O3. The molecule has 1 aromatic heterocycles. The van der Waals surface area contributed by atoms with Crippen molar-refractivity contribution >= 4 is 11.9 Å². The van der Waals surface area contributed by atoms with E-state index in [9.17, 15) is 14.0 Å². The van der Waals surface area contributed by atoms with Gasteiger partial charge in [-0.05, 0) is 22.9 Å². The Bertz CT molecular complexity index is 781. The molecule has 0 bridgehead atoms. The number of nitrogens with zero attached hydrogens (tertiary/aromatic N) is 5. The molecule has 1 aliphatic rings. The number of amides is 1. The van der Waals surface area contributed by atoms with E-state index in [1.807, 2.05) is 30.3 Å². The van der Waals surface area contributed by atoms with Crippen LogP contribution in [0.15, 0.2) is 30.3 Å². The molecule has 1 amide bonds. The number of carbonyl (C=O) groups is 2. The van der Waals surface area contributed by atoms with Crippen LogP contribution in [0.1, 0.15) is 23.9 Å². The quantitative estimate of drug-likeness (QED) is 0.858. The number of carboxylic acids is 1. The third kappa shape index (κ3) is 3.35. The third-order valence-electron chi connectivity index (χ3n) is 4.42. The van der Waals surface area contributed by atoms with Crippen LogP contribution in [0.2, 0.25) is 0 Å². The Morgan fingerprint density at radius 1 is 1.36 bits per heavy atom. The number of aryl methyl sites for hydroxylation is 1. The van der Waals surface area contributed by atoms with Crippen molar-refractivity contribution in [3.63, 3.8) is 0 Å². The van der Waals surface area contributed by atoms with E-state index in [-0.39, 0.29) is 18.9 Å². The molecule has 2 unspecified atom stereocenters. The van der Waals surface area contributed by atoms with E-state index in [0.717, 1.165) is 5.56 Å². The first-order valence-corrected chi connectivity index (χ1v) is 7.90. The second-order valence-electron chi connectivity index (χ2n) is 6.16. The van der Waals surface area contributed by atoms with Gasteiger partial charge >= 0.3 is 5.97 Å². The van der Waals surface area contributed by atoms with Crippen LogP contribution in [-0.4, -0.2) is 60.8 Å². The van der Waals surface area contributed by atoms with Crippen LogP contribution >= 0.6 is 0 Å². The minimum atomic E-state index is -2.40. The lowest BCUT2D eigenvalue weighted by atomic mass is 10.0. The van der Waals surface area contributed by atoms with Gasteiger partial charge in [0.15, 0.2) is 0 Å². The Balaban J connectivity index is 1.86. The smallest absolute Gasteiger partial charge is 0.343 e. The fraction of sp³-hybridized carbons (Fsp3) is 0.438. The largest absolute Gasteiger partial charge is 0.479 e. The van der Waals surface area contributed by atoms with Crippen LogP contribution in [0, 0.1) is 6.92 Å². The van der Waals surface area contributed by atoms with E-state index >= 15 is 0 Å². The van der Waals surface area contributed by atoms with E-state index in [1.165, 1.54) is 9.58 Å². The highest BCUT2D eigenvalue weighted by molar-refractivity contribution is 5.84. The topological polar surface area (TPSA) is 101 Å². The molecule has 0 aliphatic carbocycles. The lowest BCUT2D eigenvalue weighted by molar-refractivity contribution is -0.150. The molecule has 2 atom stereocenters. The van der Waals surface area contributed by atoms with Crippen molar-refractivity contribution in [3.05, 3.63) is 41.7 Å². The van der Waals surface area contributed by atoms with Gasteiger partial charge in [-0.1, -0.05) is 30.3 Å². The average molecular weight is 347 g/mol. The zero-order valence-corrected chi connectivity index (χ0v) is 13.7. The van der Waals surface area contributed by atoms with Gasteiger partial charge in [0.1, 0.15) is 11.9 Å². The van der Waals surface area contributed by atoms with Gasteiger partial charge in [-0.2, -0.15) is 0 Å². The maximum atomic E-state index is 14.3. The van der Waals surface area contributed by atoms with Crippen molar-refractivity contribution in [2.75, 3.05) is 13.1 Å². The Morgan fingerprint density at radius 2 is 2.08 bits per heavy atom. The normalized spacial score (nSPS) is 21.3. The molecule has 2 aromatic rings. The van der Waals surface area contributed by atoms with Crippen LogP contribution in [0.3, 0.4) is 0 Å². The first-order chi connectivity index (χ1) is 11.9. The van der Waals surface area contributed by atoms with Crippen molar-refractivity contribution in [1.29, 1.82) is 0 Å². The van der Waals surface area contributed by atoms with Crippen LogP contribution in [0.5, 0.6) is 0 Å². The second-order valence-corrected chi connectivity index (χ2v) is 6.16. The lowest BCUT2D eigenvalue weighted by Crippen LogP contribution is -2.42. The van der Waals surface area contributed by atoms with E-state index in [2.05, 4.69) is 15.5 Å². The molecule has 3 rings (SSSR count). The molecule has 1 aromatic carbocycles. The molecule has 1 aliphatic heterocycles. The van der Waals surface area contributed by atoms with Crippen molar-refractivity contribution in [3.8, 4) is 0 Å². The summed E-state index contributed by atoms with van der Waals surface area (Å²) in [6, 6.07) is 8.58. The van der Waals surface area contributed by atoms with Gasteiger partial charge in [0.05, 0.1) is 6.54 Å². The summed E-state index contributed by atoms with van der Waals surface area (Å²) in [5, 5.41) is 20.3. The molecule has 1 N–H and O–H groups in total. The third-order valence-corrected chi connectivity index (χ3v) is 4.42. The molecule has 2 heterocycles. The summed E-state index contributed by atoms with van der Waals surface area (Å²) in [7, 11) is 0. The van der Waals surface area contributed by atoms with Gasteiger partial charge in [-0.25, -0.2) is 13.9 Å². The number of likely N-dealkylation sites (tertiary alicyclic amines) is 1. The van der Waals surface area contributed by atoms with Crippen LogP contribution in [0.25, 0.3) is 0 Å². The molecule has 25 heavy (non-hydrogen) atoms. The summed E-state index contributed by atoms with van der Waals surface area (Å²) >= 11 is 0. The van der Waals surface area contributed by atoms with Crippen LogP contribution in [-0.2, 0) is 16.0 Å². The maximum absolute atomic E-state index is 14.3. The number of aliphatic carboxylic acids is 1. The van der Waals surface area contributed by atoms with Gasteiger partial charge in [0.2, 0.25) is 11.6 Å². The minimum absolute atomic E-state index is 0.0497. The number of hydrogen-bond donors (Lipinski definition) is 1. The van der Waals surface area contributed by atoms with E-state index in [0.29, 0.717) is 12.2 Å². The molecule has 8 nitrogen and oxygen atoms in total. The van der Waals surface area contributed by atoms with Gasteiger partial charge in [-0.3, -0.25) is 4.79 Å². The Morgan fingerprint density at radius 3 is 2.64 bits per heavy atom. The van der Waals surface area contributed by atoms with E-state index in [1.54, 1.807) is 6.92 Å².